The molecule has 1 aliphatic carbocycles. The Morgan fingerprint density at radius 3 is 2.83 bits per heavy atom. The summed E-state index contributed by atoms with van der Waals surface area (Å²) in [7, 11) is 0. The van der Waals surface area contributed by atoms with Crippen LogP contribution in [0.15, 0.2) is 12.1 Å². The zero-order valence-electron chi connectivity index (χ0n) is 29.3. The van der Waals surface area contributed by atoms with E-state index in [4.69, 9.17) is 38.4 Å². The molecule has 3 unspecified atom stereocenters. The summed E-state index contributed by atoms with van der Waals surface area (Å²) < 4.78 is 60.1. The third kappa shape index (κ3) is 5.38. The minimum Gasteiger partial charge on any atom is -0.491 e. The molecule has 4 saturated heterocycles. The number of carbonyl (C=O) groups is 1. The highest BCUT2D eigenvalue weighted by Crippen LogP contribution is 2.53. The number of thiophene rings is 1. The molecule has 4 aromatic rings. The Balaban J connectivity index is 1.11. The minimum absolute atomic E-state index is 0.00973. The molecule has 5 atom stereocenters. The quantitative estimate of drug-likeness (QED) is 0.161. The van der Waals surface area contributed by atoms with Gasteiger partial charge < -0.3 is 25.0 Å². The summed E-state index contributed by atoms with van der Waals surface area (Å²) in [5.74, 6) is -0.166. The fraction of sp³-hybridized carbons (Fsp3) is 0.526. The summed E-state index contributed by atoms with van der Waals surface area (Å²) in [5, 5.41) is 3.84. The standard InChI is InChI=1S/C38H38ClF3N8O3S/c1-44-30-24-21(6-7-22(41)33(24)54-34(30)43)23-26(39)32-25-29(27(23)42)46-37(53-17-38-9-2-10-49(38)15-19(40)14-38)47-35(25)50(11-3-13-52-32)20-8-12-48(16-20)36(51)31-28(45-31)18-4-5-18/h6-7,18-20,28,31,45H,2-5,8-17,43H2/t19-,20?,28?,31?,38+/m1/s1. The van der Waals surface area contributed by atoms with E-state index < -0.39 is 23.3 Å². The smallest absolute Gasteiger partial charge is 0.319 e. The normalized spacial score (nSPS) is 27.9. The van der Waals surface area contributed by atoms with Crippen LogP contribution in [0, 0.1) is 24.1 Å². The Labute approximate surface area is 318 Å². The molecule has 2 aromatic carbocycles. The predicted molar refractivity (Wildman–Crippen MR) is 200 cm³/mol. The number of likely N-dealkylation sites (tertiary alicyclic amines) is 1. The number of amides is 1. The van der Waals surface area contributed by atoms with Gasteiger partial charge in [0.15, 0.2) is 11.6 Å². The second-order valence-corrected chi connectivity index (χ2v) is 17.0. The van der Waals surface area contributed by atoms with Gasteiger partial charge in [0.2, 0.25) is 11.6 Å². The van der Waals surface area contributed by atoms with Crippen LogP contribution in [0.2, 0.25) is 5.02 Å². The molecule has 282 valence electrons. The lowest BCUT2D eigenvalue weighted by atomic mass is 9.95. The summed E-state index contributed by atoms with van der Waals surface area (Å²) in [5.41, 5.74) is 5.62. The fourth-order valence-electron chi connectivity index (χ4n) is 9.52. The number of nitrogens with zero attached hydrogens (tertiary/aromatic N) is 6. The first-order valence-corrected chi connectivity index (χ1v) is 19.9. The third-order valence-electron chi connectivity index (χ3n) is 12.3. The van der Waals surface area contributed by atoms with Crippen molar-refractivity contribution in [3.05, 3.63) is 40.2 Å². The Morgan fingerprint density at radius 2 is 2.02 bits per heavy atom. The number of benzene rings is 2. The van der Waals surface area contributed by atoms with Gasteiger partial charge in [0, 0.05) is 55.6 Å². The molecule has 0 radical (unpaired) electrons. The van der Waals surface area contributed by atoms with E-state index in [0.29, 0.717) is 57.2 Å². The summed E-state index contributed by atoms with van der Waals surface area (Å²) in [6.07, 6.45) is 4.64. The molecule has 7 heterocycles. The lowest BCUT2D eigenvalue weighted by Gasteiger charge is -2.34. The first kappa shape index (κ1) is 34.4. The fourth-order valence-corrected chi connectivity index (χ4v) is 10.8. The van der Waals surface area contributed by atoms with Crippen molar-refractivity contribution in [2.24, 2.45) is 5.92 Å². The predicted octanol–water partition coefficient (Wildman–Crippen LogP) is 6.47. The molecule has 0 bridgehead atoms. The van der Waals surface area contributed by atoms with Gasteiger partial charge in [0.25, 0.3) is 0 Å². The SMILES string of the molecule is [C-]#[N+]c1c(N)sc2c(F)ccc(-c3c(Cl)c4c5c(nc(OC[C@@]67CCCN6C[C@H](F)C7)nc5c3F)N(C3CCN(C(=O)C5NC5C5CC5)C3)CCCO4)c12. The Hall–Kier alpha value is -4.10. The van der Waals surface area contributed by atoms with E-state index in [9.17, 15) is 9.18 Å². The Morgan fingerprint density at radius 1 is 1.17 bits per heavy atom. The summed E-state index contributed by atoms with van der Waals surface area (Å²) in [6.45, 7) is 10.9. The van der Waals surface area contributed by atoms with Crippen LogP contribution >= 0.6 is 22.9 Å². The number of hydrogen-bond acceptors (Lipinski definition) is 10. The van der Waals surface area contributed by atoms with E-state index >= 15 is 8.78 Å². The molecule has 3 N–H and O–H groups in total. The number of fused-ring (bicyclic) bond motifs is 2. The van der Waals surface area contributed by atoms with Crippen LogP contribution in [0.1, 0.15) is 44.9 Å². The van der Waals surface area contributed by atoms with Gasteiger partial charge in [-0.05, 0) is 62.6 Å². The molecule has 10 rings (SSSR count). The molecule has 6 aliphatic rings. The molecule has 2 aromatic heterocycles. The van der Waals surface area contributed by atoms with Crippen molar-refractivity contribution in [2.75, 3.05) is 56.6 Å². The topological polar surface area (TPSA) is 123 Å². The molecule has 5 aliphatic heterocycles. The van der Waals surface area contributed by atoms with Gasteiger partial charge in [0.05, 0.1) is 38.8 Å². The number of rotatable bonds is 7. The summed E-state index contributed by atoms with van der Waals surface area (Å²) in [4.78, 5) is 32.8. The Kier molecular flexibility index (Phi) is 8.10. The highest BCUT2D eigenvalue weighted by atomic mass is 35.5. The number of hydrogen-bond donors (Lipinski definition) is 2. The second-order valence-electron chi connectivity index (χ2n) is 15.6. The van der Waals surface area contributed by atoms with Crippen molar-refractivity contribution in [3.8, 4) is 22.9 Å². The van der Waals surface area contributed by atoms with Crippen LogP contribution < -0.4 is 25.4 Å². The van der Waals surface area contributed by atoms with Crippen molar-refractivity contribution in [1.29, 1.82) is 0 Å². The number of carbonyl (C=O) groups excluding carboxylic acids is 1. The number of ether oxygens (including phenoxy) is 2. The van der Waals surface area contributed by atoms with E-state index in [1.165, 1.54) is 12.1 Å². The third-order valence-corrected chi connectivity index (χ3v) is 13.7. The number of nitrogens with one attached hydrogen (secondary N) is 1. The highest BCUT2D eigenvalue weighted by Gasteiger charge is 2.53. The Bertz CT molecular complexity index is 2280. The van der Waals surface area contributed by atoms with Crippen molar-refractivity contribution in [2.45, 2.75) is 74.8 Å². The van der Waals surface area contributed by atoms with Crippen molar-refractivity contribution < 1.29 is 27.4 Å². The van der Waals surface area contributed by atoms with Gasteiger partial charge in [-0.2, -0.15) is 9.97 Å². The lowest BCUT2D eigenvalue weighted by Crippen LogP contribution is -2.44. The zero-order chi connectivity index (χ0) is 37.0. The highest BCUT2D eigenvalue weighted by molar-refractivity contribution is 7.23. The lowest BCUT2D eigenvalue weighted by molar-refractivity contribution is -0.129. The maximum absolute atomic E-state index is 17.5. The molecule has 54 heavy (non-hydrogen) atoms. The maximum Gasteiger partial charge on any atom is 0.319 e. The molecule has 16 heteroatoms. The van der Waals surface area contributed by atoms with Gasteiger partial charge in [-0.15, -0.1) is 11.3 Å². The number of anilines is 2. The number of nitrogen functional groups attached to an aromatic ring is 1. The monoisotopic (exact) mass is 778 g/mol. The summed E-state index contributed by atoms with van der Waals surface area (Å²) in [6, 6.07) is 2.52. The minimum atomic E-state index is -0.963. The maximum atomic E-state index is 17.5. The second kappa shape index (κ2) is 12.7. The van der Waals surface area contributed by atoms with E-state index in [1.807, 2.05) is 4.90 Å². The average Bonchev–Trinajstić information content (AvgIpc) is 3.98. The van der Waals surface area contributed by atoms with Crippen LogP contribution in [0.4, 0.5) is 29.7 Å². The van der Waals surface area contributed by atoms with Crippen LogP contribution in [0.25, 0.3) is 37.0 Å². The van der Waals surface area contributed by atoms with E-state index in [-0.39, 0.29) is 96.8 Å². The van der Waals surface area contributed by atoms with Gasteiger partial charge >= 0.3 is 6.01 Å². The first-order valence-electron chi connectivity index (χ1n) is 18.7. The van der Waals surface area contributed by atoms with Crippen molar-refractivity contribution in [3.63, 3.8) is 0 Å². The largest absolute Gasteiger partial charge is 0.491 e. The van der Waals surface area contributed by atoms with Gasteiger partial charge in [-0.25, -0.2) is 18.0 Å². The average molecular weight is 779 g/mol. The number of nitrogens with two attached hydrogens (primary N) is 1. The van der Waals surface area contributed by atoms with Crippen molar-refractivity contribution in [1.82, 2.24) is 25.1 Å². The molecular formula is C38H38ClF3N8O3S. The van der Waals surface area contributed by atoms with E-state index in [0.717, 1.165) is 43.6 Å². The first-order chi connectivity index (χ1) is 26.2. The molecule has 1 amide bonds. The molecule has 11 nitrogen and oxygen atoms in total. The van der Waals surface area contributed by atoms with Crippen molar-refractivity contribution >= 4 is 66.3 Å². The van der Waals surface area contributed by atoms with Gasteiger partial charge in [0.1, 0.15) is 36.0 Å². The van der Waals surface area contributed by atoms with Crippen LogP contribution in [-0.4, -0.2) is 101 Å². The molecular weight excluding hydrogens is 741 g/mol. The van der Waals surface area contributed by atoms with E-state index in [1.54, 1.807) is 0 Å². The summed E-state index contributed by atoms with van der Waals surface area (Å²) >= 11 is 8.07. The van der Waals surface area contributed by atoms with Crippen LogP contribution in [-0.2, 0) is 4.79 Å². The number of halogens is 4. The molecule has 1 saturated carbocycles. The van der Waals surface area contributed by atoms with Gasteiger partial charge in [-0.3, -0.25) is 15.0 Å². The molecule has 5 fully saturated rings. The number of alkyl halides is 1. The number of aromatic nitrogens is 2. The molecule has 0 spiro atoms. The van der Waals surface area contributed by atoms with Crippen LogP contribution in [0.5, 0.6) is 11.8 Å². The zero-order valence-corrected chi connectivity index (χ0v) is 30.9. The van der Waals surface area contributed by atoms with Gasteiger partial charge in [-0.1, -0.05) is 17.7 Å². The van der Waals surface area contributed by atoms with Crippen LogP contribution in [0.3, 0.4) is 0 Å². The van der Waals surface area contributed by atoms with E-state index in [2.05, 4.69) is 24.9 Å².